The minimum atomic E-state index is -1.08. The van der Waals surface area contributed by atoms with Crippen molar-refractivity contribution in [1.82, 2.24) is 10.6 Å². The van der Waals surface area contributed by atoms with Crippen molar-refractivity contribution in [2.75, 3.05) is 19.8 Å². The SMILES string of the molecule is O=C(O)N[C@@H]1CC[C@H](C(=O)NCCOc2ccc(Cl)cc2)OC1. The maximum absolute atomic E-state index is 11.9. The van der Waals surface area contributed by atoms with Gasteiger partial charge in [-0.25, -0.2) is 4.79 Å². The fourth-order valence-electron chi connectivity index (χ4n) is 2.23. The molecule has 0 aliphatic carbocycles. The lowest BCUT2D eigenvalue weighted by atomic mass is 10.0. The molecule has 2 atom stereocenters. The second-order valence-electron chi connectivity index (χ2n) is 5.14. The molecule has 1 aliphatic heterocycles. The number of ether oxygens (including phenoxy) is 2. The Hall–Kier alpha value is -1.99. The number of benzene rings is 1. The van der Waals surface area contributed by atoms with Gasteiger partial charge in [-0.3, -0.25) is 4.79 Å². The van der Waals surface area contributed by atoms with Gasteiger partial charge in [-0.2, -0.15) is 0 Å². The molecule has 1 heterocycles. The highest BCUT2D eigenvalue weighted by Gasteiger charge is 2.27. The van der Waals surface area contributed by atoms with E-state index < -0.39 is 12.2 Å². The molecule has 1 aromatic rings. The minimum Gasteiger partial charge on any atom is -0.492 e. The molecule has 3 N–H and O–H groups in total. The van der Waals surface area contributed by atoms with Crippen LogP contribution in [-0.2, 0) is 9.53 Å². The Labute approximate surface area is 138 Å². The second kappa shape index (κ2) is 8.59. The first-order valence-electron chi connectivity index (χ1n) is 7.32. The molecule has 1 aromatic carbocycles. The first-order valence-corrected chi connectivity index (χ1v) is 7.69. The molecule has 23 heavy (non-hydrogen) atoms. The number of carboxylic acid groups (broad SMARTS) is 1. The van der Waals surface area contributed by atoms with Gasteiger partial charge in [-0.1, -0.05) is 11.6 Å². The van der Waals surface area contributed by atoms with Crippen LogP contribution in [0.1, 0.15) is 12.8 Å². The van der Waals surface area contributed by atoms with Gasteiger partial charge in [0.2, 0.25) is 5.91 Å². The Balaban J connectivity index is 1.62. The predicted molar refractivity (Wildman–Crippen MR) is 83.9 cm³/mol. The summed E-state index contributed by atoms with van der Waals surface area (Å²) in [6.07, 6.45) is -0.571. The maximum Gasteiger partial charge on any atom is 0.404 e. The molecule has 2 rings (SSSR count). The molecule has 126 valence electrons. The van der Waals surface area contributed by atoms with Gasteiger partial charge in [0, 0.05) is 5.02 Å². The smallest absolute Gasteiger partial charge is 0.404 e. The summed E-state index contributed by atoms with van der Waals surface area (Å²) in [5.41, 5.74) is 0. The number of hydrogen-bond acceptors (Lipinski definition) is 4. The predicted octanol–water partition coefficient (Wildman–Crippen LogP) is 1.65. The zero-order chi connectivity index (χ0) is 16.7. The molecule has 0 aromatic heterocycles. The van der Waals surface area contributed by atoms with Crippen LogP contribution in [0.5, 0.6) is 5.75 Å². The van der Waals surface area contributed by atoms with Crippen LogP contribution in [-0.4, -0.2) is 49.0 Å². The zero-order valence-electron chi connectivity index (χ0n) is 12.5. The Morgan fingerprint density at radius 1 is 1.30 bits per heavy atom. The van der Waals surface area contributed by atoms with Gasteiger partial charge in [0.1, 0.15) is 18.5 Å². The molecule has 0 spiro atoms. The second-order valence-corrected chi connectivity index (χ2v) is 5.58. The van der Waals surface area contributed by atoms with Gasteiger partial charge >= 0.3 is 6.09 Å². The van der Waals surface area contributed by atoms with Gasteiger partial charge in [0.05, 0.1) is 19.2 Å². The van der Waals surface area contributed by atoms with Crippen LogP contribution < -0.4 is 15.4 Å². The normalized spacial score (nSPS) is 20.6. The molecule has 2 amide bonds. The van der Waals surface area contributed by atoms with Gasteiger partial charge in [-0.15, -0.1) is 0 Å². The van der Waals surface area contributed by atoms with Crippen molar-refractivity contribution in [2.45, 2.75) is 25.0 Å². The summed E-state index contributed by atoms with van der Waals surface area (Å²) in [6.45, 7) is 0.896. The van der Waals surface area contributed by atoms with E-state index in [9.17, 15) is 9.59 Å². The van der Waals surface area contributed by atoms with Crippen LogP contribution >= 0.6 is 11.6 Å². The molecule has 7 nitrogen and oxygen atoms in total. The van der Waals surface area contributed by atoms with Crippen LogP contribution in [0.15, 0.2) is 24.3 Å². The average Bonchev–Trinajstić information content (AvgIpc) is 2.53. The quantitative estimate of drug-likeness (QED) is 0.683. The summed E-state index contributed by atoms with van der Waals surface area (Å²) in [6, 6.07) is 6.71. The maximum atomic E-state index is 11.9. The third kappa shape index (κ3) is 5.96. The third-order valence-corrected chi connectivity index (χ3v) is 3.63. The molecule has 0 radical (unpaired) electrons. The third-order valence-electron chi connectivity index (χ3n) is 3.38. The van der Waals surface area contributed by atoms with Crippen molar-refractivity contribution in [3.63, 3.8) is 0 Å². The molecule has 1 aliphatic rings. The van der Waals surface area contributed by atoms with E-state index in [4.69, 9.17) is 26.2 Å². The lowest BCUT2D eigenvalue weighted by Gasteiger charge is -2.28. The Morgan fingerprint density at radius 3 is 2.65 bits per heavy atom. The molecular weight excluding hydrogens is 324 g/mol. The van der Waals surface area contributed by atoms with Crippen molar-refractivity contribution in [1.29, 1.82) is 0 Å². The van der Waals surface area contributed by atoms with Crippen LogP contribution in [0.3, 0.4) is 0 Å². The number of rotatable bonds is 6. The fraction of sp³-hybridized carbons (Fsp3) is 0.467. The summed E-state index contributed by atoms with van der Waals surface area (Å²) in [4.78, 5) is 22.5. The lowest BCUT2D eigenvalue weighted by Crippen LogP contribution is -2.47. The van der Waals surface area contributed by atoms with Crippen molar-refractivity contribution in [2.24, 2.45) is 0 Å². The van der Waals surface area contributed by atoms with Crippen molar-refractivity contribution in [3.05, 3.63) is 29.3 Å². The van der Waals surface area contributed by atoms with Crippen LogP contribution in [0.4, 0.5) is 4.79 Å². The van der Waals surface area contributed by atoms with E-state index in [-0.39, 0.29) is 18.6 Å². The number of nitrogens with one attached hydrogen (secondary N) is 2. The molecule has 0 unspecified atom stereocenters. The number of carbonyl (C=O) groups is 2. The van der Waals surface area contributed by atoms with Crippen molar-refractivity contribution in [3.8, 4) is 5.75 Å². The van der Waals surface area contributed by atoms with Crippen LogP contribution in [0.25, 0.3) is 0 Å². The number of halogens is 1. The highest BCUT2D eigenvalue weighted by atomic mass is 35.5. The van der Waals surface area contributed by atoms with E-state index >= 15 is 0 Å². The summed E-state index contributed by atoms with van der Waals surface area (Å²) >= 11 is 5.78. The first-order chi connectivity index (χ1) is 11.0. The van der Waals surface area contributed by atoms with E-state index in [2.05, 4.69) is 10.6 Å². The highest BCUT2D eigenvalue weighted by molar-refractivity contribution is 6.30. The monoisotopic (exact) mass is 342 g/mol. The van der Waals surface area contributed by atoms with Gasteiger partial charge in [-0.05, 0) is 37.1 Å². The van der Waals surface area contributed by atoms with E-state index in [0.29, 0.717) is 36.8 Å². The average molecular weight is 343 g/mol. The Kier molecular flexibility index (Phi) is 6.49. The Morgan fingerprint density at radius 2 is 2.04 bits per heavy atom. The summed E-state index contributed by atoms with van der Waals surface area (Å²) in [5.74, 6) is 0.471. The number of carbonyl (C=O) groups excluding carboxylic acids is 1. The molecule has 1 fully saturated rings. The largest absolute Gasteiger partial charge is 0.492 e. The van der Waals surface area contributed by atoms with E-state index in [1.807, 2.05) is 0 Å². The van der Waals surface area contributed by atoms with Crippen molar-refractivity contribution < 1.29 is 24.2 Å². The molecule has 0 saturated carbocycles. The fourth-order valence-corrected chi connectivity index (χ4v) is 2.36. The topological polar surface area (TPSA) is 96.9 Å². The molecule has 1 saturated heterocycles. The molecule has 0 bridgehead atoms. The van der Waals surface area contributed by atoms with E-state index in [1.54, 1.807) is 24.3 Å². The van der Waals surface area contributed by atoms with Gasteiger partial charge in [0.15, 0.2) is 0 Å². The van der Waals surface area contributed by atoms with E-state index in [0.717, 1.165) is 0 Å². The summed E-state index contributed by atoms with van der Waals surface area (Å²) in [7, 11) is 0. The van der Waals surface area contributed by atoms with Crippen LogP contribution in [0, 0.1) is 0 Å². The van der Waals surface area contributed by atoms with Crippen LogP contribution in [0.2, 0.25) is 5.02 Å². The Bertz CT molecular complexity index is 529. The van der Waals surface area contributed by atoms with Gasteiger partial charge < -0.3 is 25.2 Å². The summed E-state index contributed by atoms with van der Waals surface area (Å²) in [5, 5.41) is 14.3. The zero-order valence-corrected chi connectivity index (χ0v) is 13.2. The number of amides is 2. The highest BCUT2D eigenvalue weighted by Crippen LogP contribution is 2.15. The van der Waals surface area contributed by atoms with Crippen molar-refractivity contribution >= 4 is 23.6 Å². The standard InChI is InChI=1S/C15H19ClN2O5/c16-10-1-4-12(5-2-10)22-8-7-17-14(19)13-6-3-11(9-23-13)18-15(20)21/h1-2,4-5,11,13,18H,3,6-9H2,(H,17,19)(H,20,21)/t11-,13-/m1/s1. The minimum absolute atomic E-state index is 0.200. The molecular formula is C15H19ClN2O5. The lowest BCUT2D eigenvalue weighted by molar-refractivity contribution is -0.136. The first kappa shape index (κ1) is 17.4. The summed E-state index contributed by atoms with van der Waals surface area (Å²) < 4.78 is 10.9. The van der Waals surface area contributed by atoms with Gasteiger partial charge in [0.25, 0.3) is 0 Å². The van der Waals surface area contributed by atoms with E-state index in [1.165, 1.54) is 0 Å². The molecule has 8 heteroatoms. The number of hydrogen-bond donors (Lipinski definition) is 3.